The van der Waals surface area contributed by atoms with Crippen LogP contribution in [0.1, 0.15) is 37.3 Å². The van der Waals surface area contributed by atoms with Gasteiger partial charge in [0.05, 0.1) is 6.61 Å². The maximum atomic E-state index is 5.66. The van der Waals surface area contributed by atoms with Crippen molar-refractivity contribution in [2.45, 2.75) is 33.1 Å². The normalized spacial score (nSPS) is 10.6. The molecule has 1 atom stereocenters. The fraction of sp³-hybridized carbons (Fsp3) is 0.462. The highest BCUT2D eigenvalue weighted by atomic mass is 16.5. The van der Waals surface area contributed by atoms with Crippen molar-refractivity contribution in [3.05, 3.63) is 36.2 Å². The summed E-state index contributed by atoms with van der Waals surface area (Å²) in [6.07, 6.45) is 1.04. The van der Waals surface area contributed by atoms with Gasteiger partial charge in [0.25, 0.3) is 0 Å². The van der Waals surface area contributed by atoms with E-state index in [1.54, 1.807) is 0 Å². The van der Waals surface area contributed by atoms with Gasteiger partial charge in [0.2, 0.25) is 0 Å². The first-order valence-corrected chi connectivity index (χ1v) is 5.21. The summed E-state index contributed by atoms with van der Waals surface area (Å²) in [5.74, 6) is 1.27. The fourth-order valence-corrected chi connectivity index (χ4v) is 1.40. The summed E-state index contributed by atoms with van der Waals surface area (Å²) >= 11 is 0. The van der Waals surface area contributed by atoms with Crippen LogP contribution >= 0.6 is 0 Å². The molecule has 1 radical (unpaired) electrons. The first-order valence-electron chi connectivity index (χ1n) is 5.21. The minimum absolute atomic E-state index is 0.279. The molecule has 0 aromatic heterocycles. The van der Waals surface area contributed by atoms with Gasteiger partial charge in [-0.2, -0.15) is 0 Å². The second-order valence-electron chi connectivity index (χ2n) is 3.79. The third kappa shape index (κ3) is 2.76. The zero-order valence-corrected chi connectivity index (χ0v) is 9.34. The summed E-state index contributed by atoms with van der Waals surface area (Å²) in [6, 6.07) is 6.28. The standard InChI is InChI=1S/C13H19O/c1-5-8-14-13-7-6-11(4)9-12(13)10(2)3/h6-7,9-10H,2,5,8H2,1,3-4H3. The second-order valence-corrected chi connectivity index (χ2v) is 3.79. The summed E-state index contributed by atoms with van der Waals surface area (Å²) in [6.45, 7) is 11.1. The van der Waals surface area contributed by atoms with Crippen LogP contribution in [0.3, 0.4) is 0 Å². The Balaban J connectivity index is 2.90. The molecule has 0 fully saturated rings. The highest BCUT2D eigenvalue weighted by molar-refractivity contribution is 5.39. The minimum atomic E-state index is 0.279. The predicted molar refractivity (Wildman–Crippen MR) is 60.7 cm³/mol. The molecule has 0 saturated heterocycles. The molecule has 0 spiro atoms. The van der Waals surface area contributed by atoms with Crippen LogP contribution in [0.4, 0.5) is 0 Å². The Bertz CT molecular complexity index is 289. The van der Waals surface area contributed by atoms with Crippen molar-refractivity contribution < 1.29 is 4.74 Å². The molecule has 0 heterocycles. The van der Waals surface area contributed by atoms with Crippen molar-refractivity contribution in [1.82, 2.24) is 0 Å². The van der Waals surface area contributed by atoms with Crippen LogP contribution in [0, 0.1) is 13.8 Å². The number of benzene rings is 1. The SMILES string of the molecule is [CH2]C(C)c1cc(C)ccc1OCCC. The Hall–Kier alpha value is -0.980. The van der Waals surface area contributed by atoms with Gasteiger partial charge in [-0.25, -0.2) is 0 Å². The Morgan fingerprint density at radius 1 is 1.43 bits per heavy atom. The first-order chi connectivity index (χ1) is 6.65. The summed E-state index contributed by atoms with van der Waals surface area (Å²) < 4.78 is 5.66. The van der Waals surface area contributed by atoms with E-state index in [-0.39, 0.29) is 5.92 Å². The third-order valence-electron chi connectivity index (χ3n) is 2.16. The lowest BCUT2D eigenvalue weighted by Crippen LogP contribution is -2.00. The quantitative estimate of drug-likeness (QED) is 0.704. The lowest BCUT2D eigenvalue weighted by molar-refractivity contribution is 0.313. The van der Waals surface area contributed by atoms with E-state index in [9.17, 15) is 0 Å². The molecule has 77 valence electrons. The number of hydrogen-bond acceptors (Lipinski definition) is 1. The molecule has 0 bridgehead atoms. The second kappa shape index (κ2) is 5.04. The van der Waals surface area contributed by atoms with Gasteiger partial charge in [-0.05, 0) is 37.8 Å². The van der Waals surface area contributed by atoms with Crippen LogP contribution in [0.2, 0.25) is 0 Å². The van der Waals surface area contributed by atoms with E-state index >= 15 is 0 Å². The van der Waals surface area contributed by atoms with Gasteiger partial charge < -0.3 is 4.74 Å². The summed E-state index contributed by atoms with van der Waals surface area (Å²) in [5, 5.41) is 0. The van der Waals surface area contributed by atoms with Crippen LogP contribution in [0.5, 0.6) is 5.75 Å². The monoisotopic (exact) mass is 191 g/mol. The van der Waals surface area contributed by atoms with Crippen molar-refractivity contribution in [3.63, 3.8) is 0 Å². The van der Waals surface area contributed by atoms with Gasteiger partial charge in [-0.3, -0.25) is 0 Å². The van der Waals surface area contributed by atoms with E-state index in [0.717, 1.165) is 18.8 Å². The van der Waals surface area contributed by atoms with Crippen molar-refractivity contribution >= 4 is 0 Å². The average Bonchev–Trinajstić information content (AvgIpc) is 2.15. The van der Waals surface area contributed by atoms with Crippen LogP contribution in [-0.4, -0.2) is 6.61 Å². The topological polar surface area (TPSA) is 9.23 Å². The highest BCUT2D eigenvalue weighted by Crippen LogP contribution is 2.27. The maximum Gasteiger partial charge on any atom is 0.122 e. The maximum absolute atomic E-state index is 5.66. The number of aryl methyl sites for hydroxylation is 1. The third-order valence-corrected chi connectivity index (χ3v) is 2.16. The van der Waals surface area contributed by atoms with E-state index in [1.807, 2.05) is 6.07 Å². The van der Waals surface area contributed by atoms with Crippen molar-refractivity contribution in [3.8, 4) is 5.75 Å². The van der Waals surface area contributed by atoms with Gasteiger partial charge in [0, 0.05) is 0 Å². The zero-order valence-electron chi connectivity index (χ0n) is 9.34. The van der Waals surface area contributed by atoms with Crippen LogP contribution in [0.15, 0.2) is 18.2 Å². The molecule has 0 saturated carbocycles. The lowest BCUT2D eigenvalue weighted by atomic mass is 10.00. The summed E-state index contributed by atoms with van der Waals surface area (Å²) in [5.41, 5.74) is 2.47. The molecule has 1 unspecified atom stereocenters. The number of hydrogen-bond donors (Lipinski definition) is 0. The predicted octanol–water partition coefficient (Wildman–Crippen LogP) is 3.72. The molecule has 1 aromatic rings. The van der Waals surface area contributed by atoms with Gasteiger partial charge in [-0.15, -0.1) is 0 Å². The van der Waals surface area contributed by atoms with Crippen LogP contribution < -0.4 is 4.74 Å². The molecule has 0 aliphatic rings. The molecule has 14 heavy (non-hydrogen) atoms. The molecular formula is C13H19O. The number of ether oxygens (including phenoxy) is 1. The average molecular weight is 191 g/mol. The van der Waals surface area contributed by atoms with E-state index < -0.39 is 0 Å². The molecule has 0 aliphatic heterocycles. The Kier molecular flexibility index (Phi) is 3.99. The van der Waals surface area contributed by atoms with E-state index in [1.165, 1.54) is 11.1 Å². The molecule has 0 aliphatic carbocycles. The molecule has 1 nitrogen and oxygen atoms in total. The zero-order chi connectivity index (χ0) is 10.6. The fourth-order valence-electron chi connectivity index (χ4n) is 1.40. The smallest absolute Gasteiger partial charge is 0.122 e. The van der Waals surface area contributed by atoms with Gasteiger partial charge >= 0.3 is 0 Å². The van der Waals surface area contributed by atoms with Gasteiger partial charge in [0.1, 0.15) is 5.75 Å². The van der Waals surface area contributed by atoms with E-state index in [0.29, 0.717) is 0 Å². The Labute approximate surface area is 87.1 Å². The Morgan fingerprint density at radius 3 is 2.71 bits per heavy atom. The van der Waals surface area contributed by atoms with Gasteiger partial charge in [0.15, 0.2) is 0 Å². The summed E-state index contributed by atoms with van der Waals surface area (Å²) in [4.78, 5) is 0. The molecule has 0 amide bonds. The first kappa shape index (κ1) is 11.1. The molecule has 1 heteroatoms. The molecular weight excluding hydrogens is 172 g/mol. The molecule has 1 rings (SSSR count). The molecule has 1 aromatic carbocycles. The highest BCUT2D eigenvalue weighted by Gasteiger charge is 2.07. The van der Waals surface area contributed by atoms with Crippen molar-refractivity contribution in [2.75, 3.05) is 6.61 Å². The van der Waals surface area contributed by atoms with Crippen molar-refractivity contribution in [1.29, 1.82) is 0 Å². The van der Waals surface area contributed by atoms with E-state index in [4.69, 9.17) is 4.74 Å². The largest absolute Gasteiger partial charge is 0.493 e. The lowest BCUT2D eigenvalue weighted by Gasteiger charge is -2.14. The van der Waals surface area contributed by atoms with Crippen LogP contribution in [-0.2, 0) is 0 Å². The number of rotatable bonds is 4. The summed E-state index contributed by atoms with van der Waals surface area (Å²) in [7, 11) is 0. The van der Waals surface area contributed by atoms with E-state index in [2.05, 4.69) is 39.8 Å². The van der Waals surface area contributed by atoms with Crippen molar-refractivity contribution in [2.24, 2.45) is 0 Å². The molecule has 0 N–H and O–H groups in total. The van der Waals surface area contributed by atoms with Gasteiger partial charge in [-0.1, -0.05) is 31.5 Å². The Morgan fingerprint density at radius 2 is 2.14 bits per heavy atom. The minimum Gasteiger partial charge on any atom is -0.493 e. The van der Waals surface area contributed by atoms with Crippen LogP contribution in [0.25, 0.3) is 0 Å².